The van der Waals surface area contributed by atoms with Crippen molar-refractivity contribution in [2.45, 2.75) is 18.9 Å². The normalized spacial score (nSPS) is 12.8. The van der Waals surface area contributed by atoms with E-state index in [0.29, 0.717) is 33.8 Å². The number of urea groups is 1. The second-order valence-corrected chi connectivity index (χ2v) is 7.48. The minimum atomic E-state index is -0.647. The van der Waals surface area contributed by atoms with E-state index in [9.17, 15) is 14.5 Å². The molecule has 1 saturated carbocycles. The van der Waals surface area contributed by atoms with Gasteiger partial charge in [-0.25, -0.2) is 4.79 Å². The van der Waals surface area contributed by atoms with E-state index >= 15 is 0 Å². The number of primary amides is 1. The molecule has 3 amide bonds. The molecule has 0 aliphatic heterocycles. The van der Waals surface area contributed by atoms with Crippen LogP contribution in [0.5, 0.6) is 17.2 Å². The van der Waals surface area contributed by atoms with Gasteiger partial charge in [0.2, 0.25) is 0 Å². The van der Waals surface area contributed by atoms with Gasteiger partial charge >= 0.3 is 6.03 Å². The Labute approximate surface area is 187 Å². The number of carbonyl (C=O) groups is 2. The molecule has 1 aliphatic carbocycles. The lowest BCUT2D eigenvalue weighted by Gasteiger charge is -2.15. The van der Waals surface area contributed by atoms with E-state index in [4.69, 9.17) is 26.8 Å². The third-order valence-corrected chi connectivity index (χ3v) is 5.20. The summed E-state index contributed by atoms with van der Waals surface area (Å²) in [6.45, 7) is 0. The second kappa shape index (κ2) is 8.67. The molecule has 3 N–H and O–H groups in total. The summed E-state index contributed by atoms with van der Waals surface area (Å²) in [5, 5.41) is 6.95. The van der Waals surface area contributed by atoms with Crippen molar-refractivity contribution in [2.24, 2.45) is 11.0 Å². The maximum atomic E-state index is 12.2. The number of nitroso groups, excluding NO2 is 1. The quantitative estimate of drug-likeness (QED) is 0.398. The van der Waals surface area contributed by atoms with E-state index in [0.717, 1.165) is 17.9 Å². The van der Waals surface area contributed by atoms with Gasteiger partial charge in [-0.05, 0) is 37.1 Å². The van der Waals surface area contributed by atoms with Crippen LogP contribution in [0.1, 0.15) is 23.2 Å². The first-order chi connectivity index (χ1) is 15.4. The fourth-order valence-corrected chi connectivity index (χ4v) is 3.37. The molecule has 3 aromatic rings. The monoisotopic (exact) mass is 455 g/mol. The second-order valence-electron chi connectivity index (χ2n) is 7.07. The van der Waals surface area contributed by atoms with Crippen molar-refractivity contribution in [3.63, 3.8) is 0 Å². The number of nitrogens with two attached hydrogens (primary N) is 1. The predicted molar refractivity (Wildman–Crippen MR) is 118 cm³/mol. The number of hydrogen-bond donors (Lipinski definition) is 2. The van der Waals surface area contributed by atoms with E-state index < -0.39 is 11.9 Å². The Morgan fingerprint density at radius 3 is 2.62 bits per heavy atom. The molecule has 1 aromatic heterocycles. The maximum Gasteiger partial charge on any atom is 0.345 e. The Morgan fingerprint density at radius 1 is 1.22 bits per heavy atom. The SMILES string of the molecule is COc1cc2nccc(Oc3ccc(NC(=O)N(N=O)C4CC4)c(Cl)c3)c2cc1C(N)=O. The lowest BCUT2D eigenvalue weighted by Crippen LogP contribution is -2.31. The first kappa shape index (κ1) is 21.3. The van der Waals surface area contributed by atoms with Crippen molar-refractivity contribution in [3.8, 4) is 17.2 Å². The molecule has 0 saturated heterocycles. The average molecular weight is 456 g/mol. The molecule has 0 bridgehead atoms. The van der Waals surface area contributed by atoms with Crippen LogP contribution in [-0.4, -0.2) is 35.1 Å². The number of carbonyl (C=O) groups excluding carboxylic acids is 2. The molecule has 1 fully saturated rings. The molecular formula is C21H18ClN5O5. The first-order valence-electron chi connectivity index (χ1n) is 9.58. The molecule has 11 heteroatoms. The van der Waals surface area contributed by atoms with Crippen LogP contribution in [0.4, 0.5) is 10.5 Å². The van der Waals surface area contributed by atoms with Crippen LogP contribution in [0.3, 0.4) is 0 Å². The topological polar surface area (TPSA) is 136 Å². The number of ether oxygens (including phenoxy) is 2. The lowest BCUT2D eigenvalue weighted by atomic mass is 10.1. The van der Waals surface area contributed by atoms with Gasteiger partial charge < -0.3 is 20.5 Å². The Kier molecular flexibility index (Phi) is 5.78. The standard InChI is InChI=1S/C21H18ClN5O5/c1-31-19-10-17-13(9-14(19)20(23)28)18(6-7-24-17)32-12-4-5-16(15(22)8-12)25-21(29)27(26-30)11-2-3-11/h4-11H,2-3H2,1H3,(H2,23,28)(H,25,29). The Hall–Kier alpha value is -3.92. The fourth-order valence-electron chi connectivity index (χ4n) is 3.15. The van der Waals surface area contributed by atoms with Gasteiger partial charge in [-0.2, -0.15) is 5.01 Å². The van der Waals surface area contributed by atoms with E-state index in [1.165, 1.54) is 13.2 Å². The van der Waals surface area contributed by atoms with Crippen molar-refractivity contribution in [3.05, 3.63) is 58.1 Å². The van der Waals surface area contributed by atoms with Crippen LogP contribution in [0.15, 0.2) is 47.9 Å². The fraction of sp³-hybridized carbons (Fsp3) is 0.190. The predicted octanol–water partition coefficient (Wildman–Crippen LogP) is 4.47. The highest BCUT2D eigenvalue weighted by atomic mass is 35.5. The maximum absolute atomic E-state index is 12.2. The molecule has 2 aromatic carbocycles. The van der Waals surface area contributed by atoms with Crippen molar-refractivity contribution in [1.29, 1.82) is 0 Å². The molecule has 0 unspecified atom stereocenters. The summed E-state index contributed by atoms with van der Waals surface area (Å²) in [6, 6.07) is 8.62. The van der Waals surface area contributed by atoms with E-state index in [1.807, 2.05) is 0 Å². The van der Waals surface area contributed by atoms with Crippen LogP contribution in [0, 0.1) is 4.91 Å². The third kappa shape index (κ3) is 4.26. The minimum Gasteiger partial charge on any atom is -0.496 e. The third-order valence-electron chi connectivity index (χ3n) is 4.89. The zero-order valence-electron chi connectivity index (χ0n) is 16.9. The summed E-state index contributed by atoms with van der Waals surface area (Å²) in [5.74, 6) is 0.456. The molecule has 164 valence electrons. The van der Waals surface area contributed by atoms with Gasteiger partial charge in [-0.15, -0.1) is 4.91 Å². The van der Waals surface area contributed by atoms with Gasteiger partial charge in [-0.1, -0.05) is 11.6 Å². The number of amides is 3. The minimum absolute atomic E-state index is 0.169. The van der Waals surface area contributed by atoms with Crippen molar-refractivity contribution < 1.29 is 19.1 Å². The van der Waals surface area contributed by atoms with Gasteiger partial charge in [0.15, 0.2) is 0 Å². The Bertz CT molecular complexity index is 1230. The number of rotatable bonds is 7. The number of halogens is 1. The van der Waals surface area contributed by atoms with Crippen molar-refractivity contribution >= 4 is 40.1 Å². The largest absolute Gasteiger partial charge is 0.496 e. The Morgan fingerprint density at radius 2 is 2.00 bits per heavy atom. The molecular weight excluding hydrogens is 438 g/mol. The lowest BCUT2D eigenvalue weighted by molar-refractivity contribution is 0.0997. The van der Waals surface area contributed by atoms with Crippen LogP contribution in [-0.2, 0) is 0 Å². The van der Waals surface area contributed by atoms with Crippen LogP contribution in [0.2, 0.25) is 5.02 Å². The summed E-state index contributed by atoms with van der Waals surface area (Å²) in [4.78, 5) is 39.2. The van der Waals surface area contributed by atoms with Crippen LogP contribution < -0.4 is 20.5 Å². The number of benzene rings is 2. The molecule has 10 nitrogen and oxygen atoms in total. The molecule has 0 radical (unpaired) electrons. The molecule has 32 heavy (non-hydrogen) atoms. The molecule has 4 rings (SSSR count). The van der Waals surface area contributed by atoms with Gasteiger partial charge in [0.1, 0.15) is 17.2 Å². The van der Waals surface area contributed by atoms with E-state index in [-0.39, 0.29) is 16.6 Å². The molecule has 0 atom stereocenters. The zero-order valence-corrected chi connectivity index (χ0v) is 17.6. The zero-order chi connectivity index (χ0) is 22.8. The number of hydrogen-bond acceptors (Lipinski definition) is 7. The average Bonchev–Trinajstić information content (AvgIpc) is 3.60. The number of nitrogens with zero attached hydrogens (tertiary/aromatic N) is 3. The highest BCUT2D eigenvalue weighted by molar-refractivity contribution is 6.33. The number of anilines is 1. The number of fused-ring (bicyclic) bond motifs is 1. The van der Waals surface area contributed by atoms with Gasteiger partial charge in [0.25, 0.3) is 5.91 Å². The summed E-state index contributed by atoms with van der Waals surface area (Å²) < 4.78 is 11.2. The van der Waals surface area contributed by atoms with E-state index in [2.05, 4.69) is 15.6 Å². The number of nitrogens with one attached hydrogen (secondary N) is 1. The van der Waals surface area contributed by atoms with Crippen LogP contribution >= 0.6 is 11.6 Å². The van der Waals surface area contributed by atoms with Crippen molar-refractivity contribution in [2.75, 3.05) is 12.4 Å². The summed E-state index contributed by atoms with van der Waals surface area (Å²) >= 11 is 6.30. The molecule has 1 aliphatic rings. The van der Waals surface area contributed by atoms with Gasteiger partial charge in [-0.3, -0.25) is 9.78 Å². The van der Waals surface area contributed by atoms with Gasteiger partial charge in [0.05, 0.1) is 40.2 Å². The van der Waals surface area contributed by atoms with Crippen molar-refractivity contribution in [1.82, 2.24) is 9.99 Å². The summed E-state index contributed by atoms with van der Waals surface area (Å²) in [5.41, 5.74) is 6.49. The van der Waals surface area contributed by atoms with E-state index in [1.54, 1.807) is 36.5 Å². The number of methoxy groups -OCH3 is 1. The first-order valence-corrected chi connectivity index (χ1v) is 9.96. The highest BCUT2D eigenvalue weighted by Gasteiger charge is 2.34. The number of aromatic nitrogens is 1. The summed E-state index contributed by atoms with van der Waals surface area (Å²) in [6.07, 6.45) is 3.03. The smallest absolute Gasteiger partial charge is 0.345 e. The Balaban J connectivity index is 1.59. The highest BCUT2D eigenvalue weighted by Crippen LogP contribution is 2.35. The van der Waals surface area contributed by atoms with Gasteiger partial charge in [0, 0.05) is 23.7 Å². The number of pyridine rings is 1. The van der Waals surface area contributed by atoms with Crippen LogP contribution in [0.25, 0.3) is 10.9 Å². The molecule has 1 heterocycles. The molecule has 0 spiro atoms. The summed E-state index contributed by atoms with van der Waals surface area (Å²) in [7, 11) is 1.44.